The predicted molar refractivity (Wildman–Crippen MR) is 56.3 cm³/mol. The molecule has 2 N–H and O–H groups in total. The highest BCUT2D eigenvalue weighted by molar-refractivity contribution is 7.90. The minimum atomic E-state index is -3.35. The molecule has 14 heavy (non-hydrogen) atoms. The van der Waals surface area contributed by atoms with Gasteiger partial charge in [-0.15, -0.1) is 0 Å². The van der Waals surface area contributed by atoms with Crippen LogP contribution in [-0.4, -0.2) is 13.2 Å². The summed E-state index contributed by atoms with van der Waals surface area (Å²) < 4.78 is 22.8. The molecule has 0 aromatic heterocycles. The molecule has 0 aromatic carbocycles. The molecule has 82 valence electrons. The van der Waals surface area contributed by atoms with Crippen molar-refractivity contribution in [1.82, 2.24) is 0 Å². The Kier molecular flexibility index (Phi) is 2.20. The molecule has 2 aliphatic carbocycles. The number of nitrogens with two attached hydrogens (primary N) is 1. The number of hydrogen-bond donors (Lipinski definition) is 1. The molecule has 2 saturated carbocycles. The minimum Gasteiger partial charge on any atom is -0.228 e. The van der Waals surface area contributed by atoms with Gasteiger partial charge in [0.25, 0.3) is 0 Å². The maximum absolute atomic E-state index is 11.6. The smallest absolute Gasteiger partial charge is 0.215 e. The molecule has 2 aliphatic rings. The molecular formula is C10H19NO2S. The summed E-state index contributed by atoms with van der Waals surface area (Å²) in [5, 5.41) is 5.39. The first-order valence-corrected chi connectivity index (χ1v) is 7.04. The number of primary sulfonamides is 1. The van der Waals surface area contributed by atoms with Crippen molar-refractivity contribution in [3.05, 3.63) is 0 Å². The third kappa shape index (κ3) is 1.16. The van der Waals surface area contributed by atoms with Gasteiger partial charge < -0.3 is 0 Å². The Hall–Kier alpha value is -0.0900. The summed E-state index contributed by atoms with van der Waals surface area (Å²) in [4.78, 5) is 0. The van der Waals surface area contributed by atoms with Crippen molar-refractivity contribution in [1.29, 1.82) is 0 Å². The van der Waals surface area contributed by atoms with Crippen LogP contribution in [0, 0.1) is 5.41 Å². The van der Waals surface area contributed by atoms with Crippen molar-refractivity contribution in [2.75, 3.05) is 0 Å². The Labute approximate surface area is 86.1 Å². The summed E-state index contributed by atoms with van der Waals surface area (Å²) in [5.74, 6) is 0. The van der Waals surface area contributed by atoms with Crippen LogP contribution in [0.1, 0.15) is 51.9 Å². The van der Waals surface area contributed by atoms with Crippen LogP contribution in [0.4, 0.5) is 0 Å². The van der Waals surface area contributed by atoms with Crippen LogP contribution >= 0.6 is 0 Å². The average Bonchev–Trinajstić information content (AvgIpc) is 2.80. The van der Waals surface area contributed by atoms with Crippen molar-refractivity contribution in [3.63, 3.8) is 0 Å². The van der Waals surface area contributed by atoms with Crippen molar-refractivity contribution in [3.8, 4) is 0 Å². The molecule has 0 radical (unpaired) electrons. The molecule has 0 heterocycles. The van der Waals surface area contributed by atoms with Gasteiger partial charge in [0.15, 0.2) is 0 Å². The summed E-state index contributed by atoms with van der Waals surface area (Å²) in [7, 11) is -3.35. The first-order chi connectivity index (χ1) is 6.47. The van der Waals surface area contributed by atoms with Gasteiger partial charge in [-0.3, -0.25) is 0 Å². The first-order valence-electron chi connectivity index (χ1n) is 5.50. The molecule has 0 saturated heterocycles. The molecule has 0 aromatic rings. The van der Waals surface area contributed by atoms with E-state index < -0.39 is 14.8 Å². The van der Waals surface area contributed by atoms with Crippen LogP contribution < -0.4 is 5.14 Å². The SMILES string of the molecule is CCC1(C2(S(N)(=O)=O)CC2)CCCC1. The molecule has 0 unspecified atom stereocenters. The third-order valence-electron chi connectivity index (χ3n) is 4.45. The summed E-state index contributed by atoms with van der Waals surface area (Å²) in [6, 6.07) is 0. The van der Waals surface area contributed by atoms with Crippen LogP contribution in [-0.2, 0) is 10.0 Å². The topological polar surface area (TPSA) is 60.2 Å². The Balaban J connectivity index is 2.37. The van der Waals surface area contributed by atoms with Gasteiger partial charge in [0, 0.05) is 0 Å². The summed E-state index contributed by atoms with van der Waals surface area (Å²) in [5.41, 5.74) is 0.0145. The third-order valence-corrected chi connectivity index (χ3v) is 6.38. The second-order valence-corrected chi connectivity index (χ2v) is 6.75. The van der Waals surface area contributed by atoms with E-state index in [9.17, 15) is 8.42 Å². The van der Waals surface area contributed by atoms with E-state index in [0.29, 0.717) is 0 Å². The van der Waals surface area contributed by atoms with Crippen LogP contribution in [0.5, 0.6) is 0 Å². The van der Waals surface area contributed by atoms with Crippen LogP contribution in [0.3, 0.4) is 0 Å². The minimum absolute atomic E-state index is 0.0145. The highest BCUT2D eigenvalue weighted by Gasteiger charge is 2.65. The van der Waals surface area contributed by atoms with Gasteiger partial charge >= 0.3 is 0 Å². The summed E-state index contributed by atoms with van der Waals surface area (Å²) >= 11 is 0. The van der Waals surface area contributed by atoms with Crippen LogP contribution in [0.2, 0.25) is 0 Å². The normalized spacial score (nSPS) is 29.0. The molecule has 0 atom stereocenters. The second kappa shape index (κ2) is 2.95. The van der Waals surface area contributed by atoms with E-state index in [1.165, 1.54) is 12.8 Å². The van der Waals surface area contributed by atoms with E-state index in [2.05, 4.69) is 6.92 Å². The fraction of sp³-hybridized carbons (Fsp3) is 1.00. The standard InChI is InChI=1S/C10H19NO2S/c1-2-9(5-3-4-6-9)10(7-8-10)14(11,12)13/h2-8H2,1H3,(H2,11,12,13). The molecule has 0 spiro atoms. The zero-order valence-electron chi connectivity index (χ0n) is 8.75. The van der Waals surface area contributed by atoms with E-state index in [0.717, 1.165) is 32.1 Å². The molecule has 0 aliphatic heterocycles. The molecule has 0 bridgehead atoms. The lowest BCUT2D eigenvalue weighted by molar-refractivity contribution is 0.250. The predicted octanol–water partition coefficient (Wildman–Crippen LogP) is 1.78. The maximum Gasteiger partial charge on any atom is 0.215 e. The average molecular weight is 217 g/mol. The lowest BCUT2D eigenvalue weighted by Gasteiger charge is -2.35. The number of rotatable bonds is 3. The maximum atomic E-state index is 11.6. The molecular weight excluding hydrogens is 198 g/mol. The fourth-order valence-corrected chi connectivity index (χ4v) is 5.04. The van der Waals surface area contributed by atoms with Crippen molar-refractivity contribution in [2.24, 2.45) is 10.6 Å². The molecule has 4 heteroatoms. The lowest BCUT2D eigenvalue weighted by Crippen LogP contribution is -2.44. The van der Waals surface area contributed by atoms with Gasteiger partial charge in [-0.25, -0.2) is 13.6 Å². The van der Waals surface area contributed by atoms with Crippen molar-refractivity contribution >= 4 is 10.0 Å². The fourth-order valence-electron chi connectivity index (χ4n) is 3.41. The second-order valence-electron chi connectivity index (χ2n) is 4.88. The zero-order chi connectivity index (χ0) is 10.4. The molecule has 2 fully saturated rings. The van der Waals surface area contributed by atoms with E-state index in [4.69, 9.17) is 5.14 Å². The van der Waals surface area contributed by atoms with Gasteiger partial charge in [0.1, 0.15) is 0 Å². The summed E-state index contributed by atoms with van der Waals surface area (Å²) in [6.07, 6.45) is 7.00. The Morgan fingerprint density at radius 3 is 1.93 bits per heavy atom. The van der Waals surface area contributed by atoms with Gasteiger partial charge in [0.05, 0.1) is 4.75 Å². The largest absolute Gasteiger partial charge is 0.228 e. The van der Waals surface area contributed by atoms with Gasteiger partial charge in [-0.1, -0.05) is 19.8 Å². The Morgan fingerprint density at radius 1 is 1.14 bits per heavy atom. The van der Waals surface area contributed by atoms with Gasteiger partial charge in [-0.05, 0) is 37.5 Å². The number of sulfonamides is 1. The summed E-state index contributed by atoms with van der Waals surface area (Å²) in [6.45, 7) is 2.11. The van der Waals surface area contributed by atoms with Crippen LogP contribution in [0.25, 0.3) is 0 Å². The highest BCUT2D eigenvalue weighted by Crippen LogP contribution is 2.63. The highest BCUT2D eigenvalue weighted by atomic mass is 32.2. The Bertz CT molecular complexity index is 324. The van der Waals surface area contributed by atoms with E-state index >= 15 is 0 Å². The Morgan fingerprint density at radius 2 is 1.64 bits per heavy atom. The molecule has 3 nitrogen and oxygen atoms in total. The quantitative estimate of drug-likeness (QED) is 0.783. The van der Waals surface area contributed by atoms with Crippen molar-refractivity contribution in [2.45, 2.75) is 56.6 Å². The molecule has 2 rings (SSSR count). The monoisotopic (exact) mass is 217 g/mol. The van der Waals surface area contributed by atoms with Crippen molar-refractivity contribution < 1.29 is 8.42 Å². The van der Waals surface area contributed by atoms with E-state index in [1.54, 1.807) is 0 Å². The van der Waals surface area contributed by atoms with E-state index in [1.807, 2.05) is 0 Å². The lowest BCUT2D eigenvalue weighted by atomic mass is 9.78. The van der Waals surface area contributed by atoms with Gasteiger partial charge in [-0.2, -0.15) is 0 Å². The van der Waals surface area contributed by atoms with Gasteiger partial charge in [0.2, 0.25) is 10.0 Å². The zero-order valence-corrected chi connectivity index (χ0v) is 9.57. The first kappa shape index (κ1) is 10.4. The number of hydrogen-bond acceptors (Lipinski definition) is 2. The van der Waals surface area contributed by atoms with Crippen LogP contribution in [0.15, 0.2) is 0 Å². The van der Waals surface area contributed by atoms with E-state index in [-0.39, 0.29) is 5.41 Å². The molecule has 0 amide bonds.